The summed E-state index contributed by atoms with van der Waals surface area (Å²) in [5.74, 6) is 1.53. The van der Waals surface area contributed by atoms with E-state index in [1.54, 1.807) is 7.11 Å². The normalized spacial score (nSPS) is 11.0. The second kappa shape index (κ2) is 7.73. The fourth-order valence-corrected chi connectivity index (χ4v) is 2.86. The third-order valence-corrected chi connectivity index (χ3v) is 3.99. The number of rotatable bonds is 6. The largest absolute Gasteiger partial charge is 0.493 e. The first-order valence-corrected chi connectivity index (χ1v) is 7.82. The second-order valence-corrected chi connectivity index (χ2v) is 6.00. The Bertz CT molecular complexity index is 830. The molecular weight excluding hydrogens is 326 g/mol. The molecule has 0 radical (unpaired) electrons. The van der Waals surface area contributed by atoms with E-state index < -0.39 is 0 Å². The minimum absolute atomic E-state index is 0. The summed E-state index contributed by atoms with van der Waals surface area (Å²) in [7, 11) is 5.80. The lowest BCUT2D eigenvalue weighted by atomic mass is 10.1. The zero-order valence-electron chi connectivity index (χ0n) is 14.5. The highest BCUT2D eigenvalue weighted by molar-refractivity contribution is 6.09. The van der Waals surface area contributed by atoms with Gasteiger partial charge in [0.1, 0.15) is 0 Å². The minimum atomic E-state index is 0. The smallest absolute Gasteiger partial charge is 0.163 e. The average molecular weight is 350 g/mol. The topological polar surface area (TPSA) is 50.4 Å². The third kappa shape index (κ3) is 3.57. The molecule has 130 valence electrons. The second-order valence-electron chi connectivity index (χ2n) is 6.00. The molecule has 0 aliphatic carbocycles. The number of hydrogen-bond donors (Lipinski definition) is 1. The summed E-state index contributed by atoms with van der Waals surface area (Å²) < 4.78 is 11.4. The van der Waals surface area contributed by atoms with E-state index in [2.05, 4.69) is 29.0 Å². The van der Waals surface area contributed by atoms with Crippen molar-refractivity contribution in [3.63, 3.8) is 0 Å². The summed E-state index contributed by atoms with van der Waals surface area (Å²) in [6.07, 6.45) is 2.80. The van der Waals surface area contributed by atoms with Gasteiger partial charge in [0.15, 0.2) is 11.5 Å². The van der Waals surface area contributed by atoms with Crippen molar-refractivity contribution in [2.75, 3.05) is 34.4 Å². The first kappa shape index (κ1) is 18.4. The van der Waals surface area contributed by atoms with Crippen molar-refractivity contribution in [3.05, 3.63) is 30.1 Å². The van der Waals surface area contributed by atoms with Crippen LogP contribution < -0.4 is 9.47 Å². The van der Waals surface area contributed by atoms with Crippen LogP contribution >= 0.6 is 12.4 Å². The van der Waals surface area contributed by atoms with Crippen LogP contribution in [0.5, 0.6) is 11.5 Å². The van der Waals surface area contributed by atoms with Gasteiger partial charge in [-0.2, -0.15) is 0 Å². The number of aromatic nitrogens is 2. The maximum atomic E-state index is 5.93. The Morgan fingerprint density at radius 2 is 1.96 bits per heavy atom. The Kier molecular flexibility index (Phi) is 5.91. The van der Waals surface area contributed by atoms with E-state index >= 15 is 0 Å². The van der Waals surface area contributed by atoms with Crippen molar-refractivity contribution < 1.29 is 9.47 Å². The number of methoxy groups -OCH3 is 1. The van der Waals surface area contributed by atoms with Gasteiger partial charge < -0.3 is 19.4 Å². The van der Waals surface area contributed by atoms with E-state index in [1.807, 2.05) is 31.3 Å². The number of fused-ring (bicyclic) bond motifs is 3. The van der Waals surface area contributed by atoms with Crippen LogP contribution in [0.4, 0.5) is 0 Å². The predicted octanol–water partition coefficient (Wildman–Crippen LogP) is 3.79. The molecule has 3 rings (SSSR count). The van der Waals surface area contributed by atoms with Gasteiger partial charge in [-0.05, 0) is 39.6 Å². The average Bonchev–Trinajstić information content (AvgIpc) is 2.89. The molecule has 1 N–H and O–H groups in total. The van der Waals surface area contributed by atoms with Crippen molar-refractivity contribution in [2.24, 2.45) is 0 Å². The van der Waals surface area contributed by atoms with Crippen LogP contribution in [0.15, 0.2) is 24.4 Å². The van der Waals surface area contributed by atoms with Gasteiger partial charge in [0, 0.05) is 40.8 Å². The number of pyridine rings is 1. The fraction of sp³-hybridized carbons (Fsp3) is 0.389. The van der Waals surface area contributed by atoms with Gasteiger partial charge in [-0.1, -0.05) is 0 Å². The number of H-pyrrole nitrogens is 1. The number of aromatic amines is 1. The highest BCUT2D eigenvalue weighted by atomic mass is 35.5. The van der Waals surface area contributed by atoms with Crippen molar-refractivity contribution in [3.8, 4) is 11.5 Å². The molecule has 2 aromatic heterocycles. The summed E-state index contributed by atoms with van der Waals surface area (Å²) in [6.45, 7) is 3.69. The highest BCUT2D eigenvalue weighted by Gasteiger charge is 2.13. The van der Waals surface area contributed by atoms with Crippen LogP contribution in [0.25, 0.3) is 21.8 Å². The molecule has 0 saturated heterocycles. The van der Waals surface area contributed by atoms with E-state index in [0.717, 1.165) is 52.0 Å². The molecule has 3 aromatic rings. The summed E-state index contributed by atoms with van der Waals surface area (Å²) >= 11 is 0. The molecule has 1 aromatic carbocycles. The Hall–Kier alpha value is -1.98. The maximum Gasteiger partial charge on any atom is 0.163 e. The molecule has 0 spiro atoms. The molecule has 0 aliphatic rings. The Morgan fingerprint density at radius 3 is 2.67 bits per heavy atom. The minimum Gasteiger partial charge on any atom is -0.493 e. The number of ether oxygens (including phenoxy) is 2. The SMILES string of the molecule is COc1cc2c(cc1OCCCN(C)C)[nH]c1ccnc(C)c12.Cl. The number of nitrogens with zero attached hydrogens (tertiary/aromatic N) is 2. The van der Waals surface area contributed by atoms with Gasteiger partial charge in [0.05, 0.1) is 19.2 Å². The van der Waals surface area contributed by atoms with Crippen LogP contribution in [0, 0.1) is 6.92 Å². The van der Waals surface area contributed by atoms with Crippen LogP contribution in [-0.4, -0.2) is 49.2 Å². The predicted molar refractivity (Wildman–Crippen MR) is 101 cm³/mol. The van der Waals surface area contributed by atoms with Crippen LogP contribution in [0.3, 0.4) is 0 Å². The molecule has 0 bridgehead atoms. The lowest BCUT2D eigenvalue weighted by Gasteiger charge is -2.13. The Labute approximate surface area is 148 Å². The number of nitrogens with one attached hydrogen (secondary N) is 1. The molecule has 0 atom stereocenters. The van der Waals surface area contributed by atoms with Gasteiger partial charge in [0.2, 0.25) is 0 Å². The number of halogens is 1. The van der Waals surface area contributed by atoms with Crippen molar-refractivity contribution in [1.29, 1.82) is 0 Å². The molecular formula is C18H24ClN3O2. The molecule has 6 heteroatoms. The van der Waals surface area contributed by atoms with Crippen molar-refractivity contribution >= 4 is 34.2 Å². The van der Waals surface area contributed by atoms with Crippen LogP contribution in [-0.2, 0) is 0 Å². The first-order chi connectivity index (χ1) is 11.1. The first-order valence-electron chi connectivity index (χ1n) is 7.82. The standard InChI is InChI=1S/C18H23N3O2.ClH/c1-12-18-13-10-16(22-4)17(23-9-5-8-21(2)3)11-15(13)20-14(18)6-7-19-12;/h6-7,10-11,20H,5,8-9H2,1-4H3;1H. The van der Waals surface area contributed by atoms with E-state index in [0.29, 0.717) is 6.61 Å². The summed E-state index contributed by atoms with van der Waals surface area (Å²) in [4.78, 5) is 9.97. The van der Waals surface area contributed by atoms with Gasteiger partial charge in [-0.3, -0.25) is 4.98 Å². The molecule has 0 fully saturated rings. The van der Waals surface area contributed by atoms with E-state index in [-0.39, 0.29) is 12.4 Å². The molecule has 0 unspecified atom stereocenters. The quantitative estimate of drug-likeness (QED) is 0.688. The van der Waals surface area contributed by atoms with Crippen molar-refractivity contribution in [2.45, 2.75) is 13.3 Å². The zero-order valence-corrected chi connectivity index (χ0v) is 15.4. The summed E-state index contributed by atoms with van der Waals surface area (Å²) in [5, 5.41) is 2.25. The molecule has 24 heavy (non-hydrogen) atoms. The fourth-order valence-electron chi connectivity index (χ4n) is 2.86. The zero-order chi connectivity index (χ0) is 16.4. The van der Waals surface area contributed by atoms with Crippen LogP contribution in [0.1, 0.15) is 12.1 Å². The molecule has 2 heterocycles. The molecule has 0 amide bonds. The maximum absolute atomic E-state index is 5.93. The lowest BCUT2D eigenvalue weighted by molar-refractivity contribution is 0.268. The molecule has 5 nitrogen and oxygen atoms in total. The van der Waals surface area contributed by atoms with Gasteiger partial charge in [0.25, 0.3) is 0 Å². The number of aryl methyl sites for hydroxylation is 1. The highest BCUT2D eigenvalue weighted by Crippen LogP contribution is 2.36. The van der Waals surface area contributed by atoms with E-state index in [9.17, 15) is 0 Å². The van der Waals surface area contributed by atoms with Gasteiger partial charge in [-0.15, -0.1) is 12.4 Å². The van der Waals surface area contributed by atoms with Crippen molar-refractivity contribution in [1.82, 2.24) is 14.9 Å². The van der Waals surface area contributed by atoms with Gasteiger partial charge >= 0.3 is 0 Å². The number of hydrogen-bond acceptors (Lipinski definition) is 4. The Balaban J connectivity index is 0.00000208. The third-order valence-electron chi connectivity index (χ3n) is 3.99. The van der Waals surface area contributed by atoms with E-state index in [1.165, 1.54) is 0 Å². The monoisotopic (exact) mass is 349 g/mol. The van der Waals surface area contributed by atoms with Crippen LogP contribution in [0.2, 0.25) is 0 Å². The Morgan fingerprint density at radius 1 is 1.17 bits per heavy atom. The van der Waals surface area contributed by atoms with Gasteiger partial charge in [-0.25, -0.2) is 0 Å². The molecule has 0 saturated carbocycles. The van der Waals surface area contributed by atoms with E-state index in [4.69, 9.17) is 9.47 Å². The summed E-state index contributed by atoms with van der Waals surface area (Å²) in [6, 6.07) is 6.04. The molecule has 0 aliphatic heterocycles. The summed E-state index contributed by atoms with van der Waals surface area (Å²) in [5.41, 5.74) is 3.13. The lowest BCUT2D eigenvalue weighted by Crippen LogP contribution is -2.15. The number of benzene rings is 1.